The van der Waals surface area contributed by atoms with Crippen LogP contribution in [0, 0.1) is 10.1 Å². The number of phenols is 1. The van der Waals surface area contributed by atoms with Gasteiger partial charge in [0.25, 0.3) is 5.69 Å². The highest BCUT2D eigenvalue weighted by atomic mass is 35.5. The molecule has 0 atom stereocenters. The minimum atomic E-state index is -1.48. The molecule has 1 aromatic carbocycles. The van der Waals surface area contributed by atoms with Gasteiger partial charge >= 0.3 is 5.97 Å². The summed E-state index contributed by atoms with van der Waals surface area (Å²) in [7, 11) is 0. The molecule has 0 amide bonds. The fraction of sp³-hybridized carbons (Fsp3) is 0. The van der Waals surface area contributed by atoms with Crippen LogP contribution in [-0.4, -0.2) is 21.1 Å². The average Bonchev–Trinajstić information content (AvgIpc) is 2.08. The Balaban J connectivity index is 3.43. The number of rotatable bonds is 2. The van der Waals surface area contributed by atoms with E-state index in [4.69, 9.17) is 21.8 Å². The second-order valence-electron chi connectivity index (χ2n) is 2.39. The molecule has 0 radical (unpaired) electrons. The lowest BCUT2D eigenvalue weighted by molar-refractivity contribution is -0.384. The number of halogens is 1. The van der Waals surface area contributed by atoms with Gasteiger partial charge in [0.1, 0.15) is 11.3 Å². The minimum Gasteiger partial charge on any atom is -0.505 e. The van der Waals surface area contributed by atoms with Gasteiger partial charge in [-0.05, 0) is 0 Å². The Morgan fingerprint density at radius 2 is 2.07 bits per heavy atom. The van der Waals surface area contributed by atoms with E-state index in [0.717, 1.165) is 12.1 Å². The Kier molecular flexibility index (Phi) is 2.57. The van der Waals surface area contributed by atoms with Gasteiger partial charge < -0.3 is 10.2 Å². The summed E-state index contributed by atoms with van der Waals surface area (Å²) in [5, 5.41) is 27.6. The van der Waals surface area contributed by atoms with Gasteiger partial charge in [0.15, 0.2) is 0 Å². The molecule has 6 nitrogen and oxygen atoms in total. The number of non-ortho nitro benzene ring substituents is 1. The van der Waals surface area contributed by atoms with Crippen molar-refractivity contribution in [2.24, 2.45) is 0 Å². The van der Waals surface area contributed by atoms with Gasteiger partial charge in [-0.2, -0.15) is 0 Å². The fourth-order valence-corrected chi connectivity index (χ4v) is 1.07. The summed E-state index contributed by atoms with van der Waals surface area (Å²) < 4.78 is 0. The molecule has 14 heavy (non-hydrogen) atoms. The second kappa shape index (κ2) is 3.51. The molecule has 0 saturated carbocycles. The van der Waals surface area contributed by atoms with Crippen molar-refractivity contribution in [3.8, 4) is 5.75 Å². The van der Waals surface area contributed by atoms with E-state index < -0.39 is 27.9 Å². The molecular formula is C7H4ClNO5. The number of aromatic hydroxyl groups is 1. The topological polar surface area (TPSA) is 101 Å². The minimum absolute atomic E-state index is 0.364. The number of nitrogens with zero attached hydrogens (tertiary/aromatic N) is 1. The number of benzene rings is 1. The van der Waals surface area contributed by atoms with Crippen LogP contribution >= 0.6 is 11.6 Å². The first-order valence-corrected chi connectivity index (χ1v) is 3.71. The fourth-order valence-electron chi connectivity index (χ4n) is 0.853. The van der Waals surface area contributed by atoms with Crippen LogP contribution in [0.3, 0.4) is 0 Å². The van der Waals surface area contributed by atoms with Crippen molar-refractivity contribution < 1.29 is 19.9 Å². The Morgan fingerprint density at radius 1 is 1.50 bits per heavy atom. The molecule has 0 heterocycles. The Labute approximate surface area is 82.5 Å². The first-order valence-electron chi connectivity index (χ1n) is 3.33. The summed E-state index contributed by atoms with van der Waals surface area (Å²) in [6.45, 7) is 0. The molecule has 0 spiro atoms. The van der Waals surface area contributed by atoms with Crippen molar-refractivity contribution in [3.05, 3.63) is 32.8 Å². The van der Waals surface area contributed by atoms with Gasteiger partial charge in [0.2, 0.25) is 0 Å². The monoisotopic (exact) mass is 217 g/mol. The van der Waals surface area contributed by atoms with Crippen LogP contribution in [0.1, 0.15) is 10.4 Å². The number of aromatic carboxylic acids is 1. The van der Waals surface area contributed by atoms with Crippen LogP contribution < -0.4 is 0 Å². The van der Waals surface area contributed by atoms with Gasteiger partial charge in [-0.3, -0.25) is 10.1 Å². The smallest absolute Gasteiger partial charge is 0.339 e. The van der Waals surface area contributed by atoms with Crippen LogP contribution in [0.25, 0.3) is 0 Å². The van der Waals surface area contributed by atoms with Crippen molar-refractivity contribution in [1.29, 1.82) is 0 Å². The molecule has 0 unspecified atom stereocenters. The lowest BCUT2D eigenvalue weighted by Crippen LogP contribution is -1.99. The molecular weight excluding hydrogens is 214 g/mol. The first kappa shape index (κ1) is 10.3. The molecule has 0 aliphatic carbocycles. The van der Waals surface area contributed by atoms with Crippen molar-refractivity contribution >= 4 is 23.3 Å². The number of carbonyl (C=O) groups is 1. The molecule has 0 fully saturated rings. The zero-order valence-electron chi connectivity index (χ0n) is 6.60. The van der Waals surface area contributed by atoms with Crippen LogP contribution in [0.4, 0.5) is 5.69 Å². The molecule has 0 aliphatic heterocycles. The highest BCUT2D eigenvalue weighted by Crippen LogP contribution is 2.31. The average molecular weight is 218 g/mol. The van der Waals surface area contributed by atoms with Crippen molar-refractivity contribution in [2.75, 3.05) is 0 Å². The zero-order valence-corrected chi connectivity index (χ0v) is 7.35. The third-order valence-corrected chi connectivity index (χ3v) is 1.78. The van der Waals surface area contributed by atoms with Crippen molar-refractivity contribution in [3.63, 3.8) is 0 Å². The maximum atomic E-state index is 10.5. The van der Waals surface area contributed by atoms with E-state index in [1.54, 1.807) is 0 Å². The highest BCUT2D eigenvalue weighted by molar-refractivity contribution is 6.32. The van der Waals surface area contributed by atoms with Crippen LogP contribution in [0.5, 0.6) is 5.75 Å². The number of hydrogen-bond donors (Lipinski definition) is 2. The van der Waals surface area contributed by atoms with E-state index in [2.05, 4.69) is 0 Å². The molecule has 0 aromatic heterocycles. The maximum Gasteiger partial charge on any atom is 0.339 e. The number of carboxylic acid groups (broad SMARTS) is 1. The zero-order chi connectivity index (χ0) is 10.9. The van der Waals surface area contributed by atoms with E-state index in [0.29, 0.717) is 0 Å². The van der Waals surface area contributed by atoms with Crippen molar-refractivity contribution in [1.82, 2.24) is 0 Å². The van der Waals surface area contributed by atoms with Crippen LogP contribution in [0.2, 0.25) is 5.02 Å². The predicted molar refractivity (Wildman–Crippen MR) is 46.7 cm³/mol. The normalized spacial score (nSPS) is 9.79. The number of hydrogen-bond acceptors (Lipinski definition) is 4. The summed E-state index contributed by atoms with van der Waals surface area (Å²) in [5.41, 5.74) is -1.07. The summed E-state index contributed by atoms with van der Waals surface area (Å²) in [4.78, 5) is 20.0. The molecule has 7 heteroatoms. The maximum absolute atomic E-state index is 10.5. The van der Waals surface area contributed by atoms with Crippen molar-refractivity contribution in [2.45, 2.75) is 0 Å². The van der Waals surface area contributed by atoms with Gasteiger partial charge in [-0.1, -0.05) is 11.6 Å². The molecule has 74 valence electrons. The largest absolute Gasteiger partial charge is 0.505 e. The third-order valence-electron chi connectivity index (χ3n) is 1.49. The Bertz CT molecular complexity index is 417. The number of carboxylic acids is 1. The SMILES string of the molecule is O=C(O)c1cc([N+](=O)[O-])cc(Cl)c1O. The summed E-state index contributed by atoms with van der Waals surface area (Å²) >= 11 is 5.39. The van der Waals surface area contributed by atoms with E-state index in [1.165, 1.54) is 0 Å². The molecule has 0 saturated heterocycles. The Morgan fingerprint density at radius 3 is 2.50 bits per heavy atom. The van der Waals surface area contributed by atoms with Gasteiger partial charge in [0, 0.05) is 12.1 Å². The summed E-state index contributed by atoms with van der Waals surface area (Å²) in [6, 6.07) is 1.62. The number of nitro benzene ring substituents is 1. The van der Waals surface area contributed by atoms with Gasteiger partial charge in [0.05, 0.1) is 9.95 Å². The van der Waals surface area contributed by atoms with Gasteiger partial charge in [-0.25, -0.2) is 4.79 Å². The standard InChI is InChI=1S/C7H4ClNO5/c8-5-2-3(9(13)14)1-4(6(5)10)7(11)12/h1-2,10H,(H,11,12). The van der Waals surface area contributed by atoms with Gasteiger partial charge in [-0.15, -0.1) is 0 Å². The number of nitro groups is 1. The van der Waals surface area contributed by atoms with Crippen LogP contribution in [-0.2, 0) is 0 Å². The molecule has 0 aliphatic rings. The predicted octanol–water partition coefficient (Wildman–Crippen LogP) is 1.65. The quantitative estimate of drug-likeness (QED) is 0.579. The first-order chi connectivity index (χ1) is 6.43. The third kappa shape index (κ3) is 1.74. The second-order valence-corrected chi connectivity index (χ2v) is 2.79. The van der Waals surface area contributed by atoms with E-state index in [1.807, 2.05) is 0 Å². The molecule has 1 rings (SSSR count). The van der Waals surface area contributed by atoms with Crippen LogP contribution in [0.15, 0.2) is 12.1 Å². The summed E-state index contributed by atoms with van der Waals surface area (Å²) in [6.07, 6.45) is 0. The molecule has 1 aromatic rings. The van der Waals surface area contributed by atoms with E-state index >= 15 is 0 Å². The lowest BCUT2D eigenvalue weighted by atomic mass is 10.2. The lowest BCUT2D eigenvalue weighted by Gasteiger charge is -2.01. The highest BCUT2D eigenvalue weighted by Gasteiger charge is 2.19. The molecule has 0 bridgehead atoms. The van der Waals surface area contributed by atoms with E-state index in [9.17, 15) is 14.9 Å². The Hall–Kier alpha value is -1.82. The van der Waals surface area contributed by atoms with E-state index in [-0.39, 0.29) is 5.02 Å². The molecule has 2 N–H and O–H groups in total. The summed E-state index contributed by atoms with van der Waals surface area (Å²) in [5.74, 6) is -2.15.